The zero-order valence-corrected chi connectivity index (χ0v) is 12.8. The summed E-state index contributed by atoms with van der Waals surface area (Å²) in [5.74, 6) is -2.69. The molecule has 1 aromatic rings. The number of benzene rings is 1. The highest BCUT2D eigenvalue weighted by molar-refractivity contribution is 9.10. The van der Waals surface area contributed by atoms with Crippen molar-refractivity contribution in [3.05, 3.63) is 16.6 Å². The Bertz CT molecular complexity index is 636. The molecule has 10 heteroatoms. The summed E-state index contributed by atoms with van der Waals surface area (Å²) >= 11 is 3.19. The van der Waals surface area contributed by atoms with Gasteiger partial charge in [0.1, 0.15) is 18.4 Å². The van der Waals surface area contributed by atoms with E-state index in [1.807, 2.05) is 0 Å². The van der Waals surface area contributed by atoms with E-state index >= 15 is 0 Å². The van der Waals surface area contributed by atoms with E-state index in [2.05, 4.69) is 15.9 Å². The van der Waals surface area contributed by atoms with Crippen LogP contribution in [0.3, 0.4) is 0 Å². The Hall–Kier alpha value is -1.97. The highest BCUT2D eigenvalue weighted by Gasteiger charge is 2.42. The summed E-state index contributed by atoms with van der Waals surface area (Å²) in [5, 5.41) is 1.62. The van der Waals surface area contributed by atoms with Gasteiger partial charge in [0.05, 0.1) is 5.69 Å². The lowest BCUT2D eigenvalue weighted by molar-refractivity contribution is -0.174. The lowest BCUT2D eigenvalue weighted by Crippen LogP contribution is -2.52. The Morgan fingerprint density at radius 2 is 2.14 bits per heavy atom. The van der Waals surface area contributed by atoms with Crippen molar-refractivity contribution < 1.29 is 27.5 Å². The molecule has 0 fully saturated rings. The molecule has 0 aliphatic carbocycles. The van der Waals surface area contributed by atoms with Crippen molar-refractivity contribution in [3.8, 4) is 5.75 Å². The predicted octanol–water partition coefficient (Wildman–Crippen LogP) is 1.43. The molecule has 1 aliphatic rings. The number of nitrogens with zero attached hydrogens (tertiary/aromatic N) is 1. The Morgan fingerprint density at radius 3 is 2.73 bits per heavy atom. The van der Waals surface area contributed by atoms with Gasteiger partial charge in [0.2, 0.25) is 0 Å². The summed E-state index contributed by atoms with van der Waals surface area (Å²) in [6.45, 7) is -0.431. The zero-order valence-electron chi connectivity index (χ0n) is 11.2. The van der Waals surface area contributed by atoms with Crippen molar-refractivity contribution in [1.29, 1.82) is 0 Å². The van der Waals surface area contributed by atoms with Gasteiger partial charge in [-0.3, -0.25) is 9.59 Å². The van der Waals surface area contributed by atoms with Gasteiger partial charge >= 0.3 is 12.1 Å². The average molecular weight is 382 g/mol. The number of ether oxygens (including phenoxy) is 1. The maximum absolute atomic E-state index is 12.3. The number of carbonyl (C=O) groups is 2. The molecule has 0 saturated carbocycles. The van der Waals surface area contributed by atoms with Gasteiger partial charge in [-0.25, -0.2) is 0 Å². The SMILES string of the molecule is CN1C(=O)[C@@H](NC(=O)C(F)(F)F)COc2cc(N)c(Br)cc21. The Morgan fingerprint density at radius 1 is 1.50 bits per heavy atom. The molecule has 1 heterocycles. The van der Waals surface area contributed by atoms with Gasteiger partial charge in [-0.05, 0) is 22.0 Å². The topological polar surface area (TPSA) is 84.7 Å². The fourth-order valence-electron chi connectivity index (χ4n) is 1.88. The van der Waals surface area contributed by atoms with Crippen LogP contribution in [0.15, 0.2) is 16.6 Å². The Labute approximate surface area is 131 Å². The number of hydrogen-bond donors (Lipinski definition) is 2. The first-order valence-corrected chi connectivity index (χ1v) is 6.77. The number of nitrogens with two attached hydrogens (primary N) is 1. The first-order chi connectivity index (χ1) is 10.1. The molecule has 3 N–H and O–H groups in total. The molecule has 0 spiro atoms. The fourth-order valence-corrected chi connectivity index (χ4v) is 2.21. The average Bonchev–Trinajstić information content (AvgIpc) is 2.52. The number of nitrogen functional groups attached to an aromatic ring is 1. The van der Waals surface area contributed by atoms with E-state index in [1.54, 1.807) is 5.32 Å². The standard InChI is InChI=1S/C12H11BrF3N3O3/c1-19-8-2-5(13)6(17)3-9(8)22-4-7(10(19)20)18-11(21)12(14,15)16/h2-3,7H,4,17H2,1H3,(H,18,21)/t7-/m0/s1. The van der Waals surface area contributed by atoms with E-state index in [1.165, 1.54) is 19.2 Å². The van der Waals surface area contributed by atoms with Crippen LogP contribution in [0.4, 0.5) is 24.5 Å². The van der Waals surface area contributed by atoms with Crippen LogP contribution in [-0.2, 0) is 9.59 Å². The molecular formula is C12H11BrF3N3O3. The van der Waals surface area contributed by atoms with E-state index in [9.17, 15) is 22.8 Å². The van der Waals surface area contributed by atoms with Crippen LogP contribution in [0.5, 0.6) is 5.75 Å². The molecule has 2 amide bonds. The van der Waals surface area contributed by atoms with Gasteiger partial charge in [0.15, 0.2) is 0 Å². The van der Waals surface area contributed by atoms with Crippen LogP contribution < -0.4 is 20.7 Å². The molecule has 120 valence electrons. The van der Waals surface area contributed by atoms with Crippen molar-refractivity contribution in [2.75, 3.05) is 24.3 Å². The third-order valence-electron chi connectivity index (χ3n) is 3.04. The van der Waals surface area contributed by atoms with E-state index in [0.717, 1.165) is 4.90 Å². The van der Waals surface area contributed by atoms with Gasteiger partial charge in [-0.15, -0.1) is 0 Å². The largest absolute Gasteiger partial charge is 0.489 e. The second-order valence-corrected chi connectivity index (χ2v) is 5.43. The molecule has 22 heavy (non-hydrogen) atoms. The molecule has 0 radical (unpaired) electrons. The number of alkyl halides is 3. The van der Waals surface area contributed by atoms with Crippen molar-refractivity contribution in [2.24, 2.45) is 0 Å². The van der Waals surface area contributed by atoms with Crippen LogP contribution in [0.1, 0.15) is 0 Å². The smallest absolute Gasteiger partial charge is 0.471 e. The van der Waals surface area contributed by atoms with Gasteiger partial charge in [-0.1, -0.05) is 0 Å². The number of nitrogens with one attached hydrogen (secondary N) is 1. The quantitative estimate of drug-likeness (QED) is 0.720. The second-order valence-electron chi connectivity index (χ2n) is 4.57. The Balaban J connectivity index is 2.28. The molecule has 6 nitrogen and oxygen atoms in total. The summed E-state index contributed by atoms with van der Waals surface area (Å²) in [4.78, 5) is 24.3. The number of amides is 2. The second kappa shape index (κ2) is 5.67. The number of fused-ring (bicyclic) bond motifs is 1. The molecule has 0 bridgehead atoms. The lowest BCUT2D eigenvalue weighted by Gasteiger charge is -2.21. The molecule has 1 atom stereocenters. The van der Waals surface area contributed by atoms with E-state index in [4.69, 9.17) is 10.5 Å². The fraction of sp³-hybridized carbons (Fsp3) is 0.333. The molecule has 2 rings (SSSR count). The van der Waals surface area contributed by atoms with Gasteiger partial charge in [0.25, 0.3) is 5.91 Å². The number of likely N-dealkylation sites (N-methyl/N-ethyl adjacent to an activating group) is 1. The predicted molar refractivity (Wildman–Crippen MR) is 75.4 cm³/mol. The van der Waals surface area contributed by atoms with Gasteiger partial charge in [-0.2, -0.15) is 13.2 Å². The third kappa shape index (κ3) is 3.11. The van der Waals surface area contributed by atoms with Crippen LogP contribution in [-0.4, -0.2) is 37.7 Å². The van der Waals surface area contributed by atoms with Crippen molar-refractivity contribution in [1.82, 2.24) is 5.32 Å². The molecule has 0 aromatic heterocycles. The van der Waals surface area contributed by atoms with Crippen molar-refractivity contribution in [3.63, 3.8) is 0 Å². The van der Waals surface area contributed by atoms with E-state index < -0.39 is 30.6 Å². The Kier molecular flexibility index (Phi) is 4.23. The summed E-state index contributed by atoms with van der Waals surface area (Å²) in [7, 11) is 1.37. The molecule has 0 saturated heterocycles. The maximum Gasteiger partial charge on any atom is 0.471 e. The van der Waals surface area contributed by atoms with Crippen LogP contribution >= 0.6 is 15.9 Å². The molecule has 1 aliphatic heterocycles. The summed E-state index contributed by atoms with van der Waals surface area (Å²) in [6.07, 6.45) is -5.08. The molecule has 1 aromatic carbocycles. The number of rotatable bonds is 1. The zero-order chi connectivity index (χ0) is 16.7. The molecular weight excluding hydrogens is 371 g/mol. The first kappa shape index (κ1) is 16.4. The lowest BCUT2D eigenvalue weighted by atomic mass is 10.2. The highest BCUT2D eigenvalue weighted by Crippen LogP contribution is 2.37. The first-order valence-electron chi connectivity index (χ1n) is 5.98. The number of carbonyl (C=O) groups excluding carboxylic acids is 2. The monoisotopic (exact) mass is 381 g/mol. The minimum absolute atomic E-state index is 0.236. The third-order valence-corrected chi connectivity index (χ3v) is 3.72. The minimum atomic E-state index is -5.08. The van der Waals surface area contributed by atoms with Crippen molar-refractivity contribution >= 4 is 39.1 Å². The summed E-state index contributed by atoms with van der Waals surface area (Å²) in [6, 6.07) is 1.50. The van der Waals surface area contributed by atoms with Crippen molar-refractivity contribution in [2.45, 2.75) is 12.2 Å². The summed E-state index contributed by atoms with van der Waals surface area (Å²) < 4.78 is 42.7. The van der Waals surface area contributed by atoms with Crippen LogP contribution in [0, 0.1) is 0 Å². The summed E-state index contributed by atoms with van der Waals surface area (Å²) in [5.41, 5.74) is 6.37. The maximum atomic E-state index is 12.3. The molecule has 0 unspecified atom stereocenters. The number of hydrogen-bond acceptors (Lipinski definition) is 4. The number of anilines is 2. The number of halogens is 4. The van der Waals surface area contributed by atoms with E-state index in [0.29, 0.717) is 15.8 Å². The van der Waals surface area contributed by atoms with Gasteiger partial charge in [0, 0.05) is 23.3 Å². The van der Waals surface area contributed by atoms with E-state index in [-0.39, 0.29) is 5.75 Å². The van der Waals surface area contributed by atoms with Crippen LogP contribution in [0.25, 0.3) is 0 Å². The van der Waals surface area contributed by atoms with Crippen LogP contribution in [0.2, 0.25) is 0 Å². The highest BCUT2D eigenvalue weighted by atomic mass is 79.9. The normalized spacial score (nSPS) is 18.3. The van der Waals surface area contributed by atoms with Gasteiger partial charge < -0.3 is 20.7 Å². The minimum Gasteiger partial charge on any atom is -0.489 e.